The number of halogens is 1. The molecule has 1 aromatic rings. The first kappa shape index (κ1) is 17.7. The normalized spacial score (nSPS) is 11.7. The Morgan fingerprint density at radius 3 is 2.42 bits per heavy atom. The summed E-state index contributed by atoms with van der Waals surface area (Å²) in [6, 6.07) is 5.49. The summed E-state index contributed by atoms with van der Waals surface area (Å²) in [6.45, 7) is 4.22. The largest absolute Gasteiger partial charge is 0.496 e. The summed E-state index contributed by atoms with van der Waals surface area (Å²) in [4.78, 5) is 11.3. The number of ether oxygens (including phenoxy) is 2. The summed E-state index contributed by atoms with van der Waals surface area (Å²) in [7, 11) is 2.95. The number of carbonyl (C=O) groups is 1. The van der Waals surface area contributed by atoms with E-state index in [0.29, 0.717) is 11.7 Å². The standard InChI is InChI=1S/C14H21NO3.ClH/c1-9(2)10-5-6-13(17-3)11(7-10)12(15)8-14(16)18-4;/h5-7,9,12H,8,15H2,1-4H3;1H/t12-;/m0./s1. The van der Waals surface area contributed by atoms with E-state index >= 15 is 0 Å². The maximum absolute atomic E-state index is 11.3. The molecular weight excluding hydrogens is 266 g/mol. The van der Waals surface area contributed by atoms with Gasteiger partial charge in [0.25, 0.3) is 0 Å². The first-order valence-electron chi connectivity index (χ1n) is 5.99. The van der Waals surface area contributed by atoms with E-state index in [1.165, 1.54) is 12.7 Å². The smallest absolute Gasteiger partial charge is 0.307 e. The summed E-state index contributed by atoms with van der Waals surface area (Å²) in [5.41, 5.74) is 8.05. The van der Waals surface area contributed by atoms with Crippen LogP contribution in [0.3, 0.4) is 0 Å². The maximum Gasteiger partial charge on any atom is 0.307 e. The second-order valence-electron chi connectivity index (χ2n) is 4.54. The minimum absolute atomic E-state index is 0. The number of hydrogen-bond acceptors (Lipinski definition) is 4. The first-order chi connectivity index (χ1) is 8.49. The van der Waals surface area contributed by atoms with Gasteiger partial charge in [0.2, 0.25) is 0 Å². The third kappa shape index (κ3) is 4.73. The maximum atomic E-state index is 11.3. The summed E-state index contributed by atoms with van der Waals surface area (Å²) in [5.74, 6) is 0.787. The highest BCUT2D eigenvalue weighted by atomic mass is 35.5. The summed E-state index contributed by atoms with van der Waals surface area (Å²) < 4.78 is 9.92. The first-order valence-corrected chi connectivity index (χ1v) is 5.99. The van der Waals surface area contributed by atoms with Gasteiger partial charge in [-0.1, -0.05) is 26.0 Å². The molecule has 108 valence electrons. The second-order valence-corrected chi connectivity index (χ2v) is 4.54. The zero-order valence-electron chi connectivity index (χ0n) is 11.8. The lowest BCUT2D eigenvalue weighted by atomic mass is 9.96. The zero-order valence-corrected chi connectivity index (χ0v) is 12.6. The van der Waals surface area contributed by atoms with Crippen molar-refractivity contribution in [3.63, 3.8) is 0 Å². The lowest BCUT2D eigenvalue weighted by Crippen LogP contribution is -2.17. The van der Waals surface area contributed by atoms with E-state index in [-0.39, 0.29) is 24.8 Å². The van der Waals surface area contributed by atoms with Gasteiger partial charge in [0.05, 0.1) is 20.6 Å². The third-order valence-corrected chi connectivity index (χ3v) is 2.93. The molecule has 19 heavy (non-hydrogen) atoms. The molecule has 0 unspecified atom stereocenters. The molecule has 2 N–H and O–H groups in total. The molecule has 0 saturated heterocycles. The van der Waals surface area contributed by atoms with E-state index < -0.39 is 6.04 Å². The van der Waals surface area contributed by atoms with Crippen LogP contribution in [0.15, 0.2) is 18.2 Å². The third-order valence-electron chi connectivity index (χ3n) is 2.93. The van der Waals surface area contributed by atoms with Crippen molar-refractivity contribution in [1.82, 2.24) is 0 Å². The van der Waals surface area contributed by atoms with Crippen LogP contribution in [0.25, 0.3) is 0 Å². The van der Waals surface area contributed by atoms with Crippen molar-refractivity contribution < 1.29 is 14.3 Å². The molecule has 1 aromatic carbocycles. The molecular formula is C14H22ClNO3. The minimum atomic E-state index is -0.411. The molecule has 0 heterocycles. The van der Waals surface area contributed by atoms with E-state index in [4.69, 9.17) is 10.5 Å². The van der Waals surface area contributed by atoms with Gasteiger partial charge in [-0.25, -0.2) is 0 Å². The Morgan fingerprint density at radius 2 is 1.95 bits per heavy atom. The van der Waals surface area contributed by atoms with E-state index in [2.05, 4.69) is 18.6 Å². The Balaban J connectivity index is 0.00000324. The van der Waals surface area contributed by atoms with E-state index in [0.717, 1.165) is 5.56 Å². The van der Waals surface area contributed by atoms with Gasteiger partial charge < -0.3 is 15.2 Å². The molecule has 0 amide bonds. The number of rotatable bonds is 5. The topological polar surface area (TPSA) is 61.5 Å². The van der Waals surface area contributed by atoms with Crippen LogP contribution in [-0.4, -0.2) is 20.2 Å². The molecule has 0 aliphatic carbocycles. The number of nitrogens with two attached hydrogens (primary N) is 1. The predicted octanol–water partition coefficient (Wildman–Crippen LogP) is 2.80. The van der Waals surface area contributed by atoms with Gasteiger partial charge in [-0.15, -0.1) is 12.4 Å². The lowest BCUT2D eigenvalue weighted by molar-refractivity contribution is -0.141. The van der Waals surface area contributed by atoms with Crippen molar-refractivity contribution in [2.24, 2.45) is 5.73 Å². The fraction of sp³-hybridized carbons (Fsp3) is 0.500. The Morgan fingerprint density at radius 1 is 1.32 bits per heavy atom. The highest BCUT2D eigenvalue weighted by molar-refractivity contribution is 5.85. The zero-order chi connectivity index (χ0) is 13.7. The average Bonchev–Trinajstić information content (AvgIpc) is 2.37. The average molecular weight is 288 g/mol. The molecule has 0 saturated carbocycles. The lowest BCUT2D eigenvalue weighted by Gasteiger charge is -2.17. The number of benzene rings is 1. The highest BCUT2D eigenvalue weighted by Gasteiger charge is 2.17. The summed E-state index contributed by atoms with van der Waals surface area (Å²) >= 11 is 0. The molecule has 0 aliphatic heterocycles. The fourth-order valence-electron chi connectivity index (χ4n) is 1.77. The highest BCUT2D eigenvalue weighted by Crippen LogP contribution is 2.29. The molecule has 0 aromatic heterocycles. The Kier molecular flexibility index (Phi) is 7.49. The fourth-order valence-corrected chi connectivity index (χ4v) is 1.77. The molecule has 1 rings (SSSR count). The van der Waals surface area contributed by atoms with Gasteiger partial charge >= 0.3 is 5.97 Å². The van der Waals surface area contributed by atoms with Crippen molar-refractivity contribution in [1.29, 1.82) is 0 Å². The van der Waals surface area contributed by atoms with Crippen molar-refractivity contribution in [3.05, 3.63) is 29.3 Å². The summed E-state index contributed by atoms with van der Waals surface area (Å²) in [5, 5.41) is 0. The van der Waals surface area contributed by atoms with Crippen LogP contribution < -0.4 is 10.5 Å². The number of hydrogen-bond donors (Lipinski definition) is 1. The SMILES string of the molecule is COC(=O)C[C@H](N)c1cc(C(C)C)ccc1OC.Cl. The van der Waals surface area contributed by atoms with Crippen molar-refractivity contribution in [2.45, 2.75) is 32.2 Å². The van der Waals surface area contributed by atoms with Crippen LogP contribution in [0.4, 0.5) is 0 Å². The van der Waals surface area contributed by atoms with Crippen LogP contribution in [0.5, 0.6) is 5.75 Å². The number of esters is 1. The van der Waals surface area contributed by atoms with E-state index in [9.17, 15) is 4.79 Å². The summed E-state index contributed by atoms with van der Waals surface area (Å²) in [6.07, 6.45) is 0.147. The molecule has 0 aliphatic rings. The molecule has 0 radical (unpaired) electrons. The number of carbonyl (C=O) groups excluding carboxylic acids is 1. The van der Waals surface area contributed by atoms with Gasteiger partial charge in [-0.3, -0.25) is 4.79 Å². The van der Waals surface area contributed by atoms with E-state index in [1.54, 1.807) is 7.11 Å². The quantitative estimate of drug-likeness (QED) is 0.846. The van der Waals surface area contributed by atoms with Gasteiger partial charge in [-0.05, 0) is 17.5 Å². The minimum Gasteiger partial charge on any atom is -0.496 e. The van der Waals surface area contributed by atoms with Crippen molar-refractivity contribution >= 4 is 18.4 Å². The van der Waals surface area contributed by atoms with Gasteiger partial charge in [0.1, 0.15) is 5.75 Å². The Hall–Kier alpha value is -1.26. The molecule has 0 spiro atoms. The molecule has 1 atom stereocenters. The van der Waals surface area contributed by atoms with Crippen LogP contribution in [0.2, 0.25) is 0 Å². The molecule has 0 fully saturated rings. The molecule has 5 heteroatoms. The van der Waals surface area contributed by atoms with Crippen LogP contribution >= 0.6 is 12.4 Å². The van der Waals surface area contributed by atoms with Crippen molar-refractivity contribution in [2.75, 3.05) is 14.2 Å². The van der Waals surface area contributed by atoms with Gasteiger partial charge in [0.15, 0.2) is 0 Å². The van der Waals surface area contributed by atoms with Crippen LogP contribution in [0.1, 0.15) is 43.4 Å². The second kappa shape index (κ2) is 8.02. The number of methoxy groups -OCH3 is 2. The Labute approximate surface area is 120 Å². The van der Waals surface area contributed by atoms with Crippen LogP contribution in [-0.2, 0) is 9.53 Å². The van der Waals surface area contributed by atoms with Crippen molar-refractivity contribution in [3.8, 4) is 5.75 Å². The van der Waals surface area contributed by atoms with E-state index in [1.807, 2.05) is 18.2 Å². The molecule has 4 nitrogen and oxygen atoms in total. The Bertz CT molecular complexity index is 421. The van der Waals surface area contributed by atoms with Gasteiger partial charge in [0, 0.05) is 11.6 Å². The van der Waals surface area contributed by atoms with Crippen LogP contribution in [0, 0.1) is 0 Å². The van der Waals surface area contributed by atoms with Gasteiger partial charge in [-0.2, -0.15) is 0 Å². The molecule has 0 bridgehead atoms. The monoisotopic (exact) mass is 287 g/mol. The predicted molar refractivity (Wildman–Crippen MR) is 77.9 cm³/mol.